The second-order valence-electron chi connectivity index (χ2n) is 6.19. The molecule has 0 amide bonds. The highest BCUT2D eigenvalue weighted by Gasteiger charge is 2.17. The highest BCUT2D eigenvalue weighted by atomic mass is 16.5. The lowest BCUT2D eigenvalue weighted by Gasteiger charge is -2.24. The second-order valence-corrected chi connectivity index (χ2v) is 6.19. The van der Waals surface area contributed by atoms with Crippen molar-refractivity contribution in [1.82, 2.24) is 0 Å². The monoisotopic (exact) mass is 283 g/mol. The van der Waals surface area contributed by atoms with Crippen molar-refractivity contribution in [2.45, 2.75) is 45.6 Å². The second kappa shape index (κ2) is 6.21. The van der Waals surface area contributed by atoms with Crippen LogP contribution in [0.15, 0.2) is 48.5 Å². The van der Waals surface area contributed by atoms with Crippen molar-refractivity contribution in [2.75, 3.05) is 5.73 Å². The van der Waals surface area contributed by atoms with Crippen LogP contribution >= 0.6 is 0 Å². The van der Waals surface area contributed by atoms with Crippen molar-refractivity contribution in [3.8, 4) is 5.75 Å². The first-order valence-electron chi connectivity index (χ1n) is 7.55. The Hall–Kier alpha value is -1.96. The molecule has 0 saturated heterocycles. The fourth-order valence-electron chi connectivity index (χ4n) is 2.23. The summed E-state index contributed by atoms with van der Waals surface area (Å²) >= 11 is 0. The Labute approximate surface area is 127 Å². The number of rotatable bonds is 5. The van der Waals surface area contributed by atoms with Crippen LogP contribution in [0.4, 0.5) is 5.69 Å². The van der Waals surface area contributed by atoms with Crippen molar-refractivity contribution < 1.29 is 4.74 Å². The van der Waals surface area contributed by atoms with Crippen LogP contribution in [0.5, 0.6) is 5.75 Å². The molecule has 0 saturated carbocycles. The molecule has 0 spiro atoms. The van der Waals surface area contributed by atoms with Gasteiger partial charge in [0, 0.05) is 5.69 Å². The van der Waals surface area contributed by atoms with Gasteiger partial charge in [0.15, 0.2) is 0 Å². The SMILES string of the molecule is CCC(C)(C)c1ccc(OC(C)c2ccc(N)cc2)cc1. The Bertz CT molecular complexity index is 570. The quantitative estimate of drug-likeness (QED) is 0.775. The molecule has 0 fully saturated rings. The Balaban J connectivity index is 2.08. The molecule has 2 rings (SSSR count). The van der Waals surface area contributed by atoms with Gasteiger partial charge in [0.1, 0.15) is 11.9 Å². The van der Waals surface area contributed by atoms with Crippen molar-refractivity contribution in [3.05, 3.63) is 59.7 Å². The molecule has 2 N–H and O–H groups in total. The van der Waals surface area contributed by atoms with E-state index in [1.165, 1.54) is 5.56 Å². The summed E-state index contributed by atoms with van der Waals surface area (Å²) in [5.41, 5.74) is 9.17. The number of anilines is 1. The number of hydrogen-bond donors (Lipinski definition) is 1. The van der Waals surface area contributed by atoms with E-state index in [2.05, 4.69) is 52.0 Å². The van der Waals surface area contributed by atoms with Crippen LogP contribution in [0.25, 0.3) is 0 Å². The molecule has 112 valence electrons. The first-order valence-corrected chi connectivity index (χ1v) is 7.55. The molecule has 0 radical (unpaired) electrons. The molecule has 0 aliphatic rings. The average Bonchev–Trinajstić information content (AvgIpc) is 2.48. The van der Waals surface area contributed by atoms with Crippen molar-refractivity contribution in [3.63, 3.8) is 0 Å². The summed E-state index contributed by atoms with van der Waals surface area (Å²) in [7, 11) is 0. The smallest absolute Gasteiger partial charge is 0.121 e. The molecule has 2 aromatic carbocycles. The van der Waals surface area contributed by atoms with E-state index in [9.17, 15) is 0 Å². The van der Waals surface area contributed by atoms with Gasteiger partial charge in [-0.25, -0.2) is 0 Å². The van der Waals surface area contributed by atoms with E-state index in [0.717, 1.165) is 23.4 Å². The molecule has 1 atom stereocenters. The van der Waals surface area contributed by atoms with Gasteiger partial charge in [-0.1, -0.05) is 45.0 Å². The molecule has 21 heavy (non-hydrogen) atoms. The summed E-state index contributed by atoms with van der Waals surface area (Å²) in [5, 5.41) is 0. The first-order chi connectivity index (χ1) is 9.92. The number of benzene rings is 2. The Morgan fingerprint density at radius 1 is 1.00 bits per heavy atom. The maximum Gasteiger partial charge on any atom is 0.121 e. The Kier molecular flexibility index (Phi) is 4.56. The minimum atomic E-state index is 0.00985. The summed E-state index contributed by atoms with van der Waals surface area (Å²) < 4.78 is 6.00. The standard InChI is InChI=1S/C19H25NO/c1-5-19(3,4)16-8-12-18(13-9-16)21-14(2)15-6-10-17(20)11-7-15/h6-14H,5,20H2,1-4H3. The molecule has 2 heteroatoms. The van der Waals surface area contributed by atoms with Crippen LogP contribution in [0, 0.1) is 0 Å². The third-order valence-corrected chi connectivity index (χ3v) is 4.24. The third-order valence-electron chi connectivity index (χ3n) is 4.24. The lowest BCUT2D eigenvalue weighted by atomic mass is 9.82. The lowest BCUT2D eigenvalue weighted by molar-refractivity contribution is 0.227. The van der Waals surface area contributed by atoms with Gasteiger partial charge >= 0.3 is 0 Å². The Morgan fingerprint density at radius 2 is 1.57 bits per heavy atom. The lowest BCUT2D eigenvalue weighted by Crippen LogP contribution is -2.15. The van der Waals surface area contributed by atoms with Gasteiger partial charge in [0.2, 0.25) is 0 Å². The van der Waals surface area contributed by atoms with Gasteiger partial charge in [-0.3, -0.25) is 0 Å². The molecule has 0 aliphatic carbocycles. The predicted molar refractivity (Wildman–Crippen MR) is 89.7 cm³/mol. The van der Waals surface area contributed by atoms with Gasteiger partial charge in [-0.05, 0) is 54.2 Å². The molecule has 0 bridgehead atoms. The van der Waals surface area contributed by atoms with Crippen LogP contribution < -0.4 is 10.5 Å². The first kappa shape index (κ1) is 15.4. The summed E-state index contributed by atoms with van der Waals surface area (Å²) in [5.74, 6) is 0.898. The van der Waals surface area contributed by atoms with Gasteiger partial charge in [0.25, 0.3) is 0 Å². The third kappa shape index (κ3) is 3.78. The number of nitrogen functional groups attached to an aromatic ring is 1. The van der Waals surface area contributed by atoms with E-state index in [0.29, 0.717) is 0 Å². The van der Waals surface area contributed by atoms with Gasteiger partial charge in [-0.2, -0.15) is 0 Å². The average molecular weight is 283 g/mol. The van der Waals surface area contributed by atoms with Crippen molar-refractivity contribution >= 4 is 5.69 Å². The molecule has 0 aromatic heterocycles. The van der Waals surface area contributed by atoms with Gasteiger partial charge < -0.3 is 10.5 Å². The zero-order valence-electron chi connectivity index (χ0n) is 13.4. The summed E-state index contributed by atoms with van der Waals surface area (Å²) in [6, 6.07) is 16.3. The van der Waals surface area contributed by atoms with E-state index in [1.54, 1.807) is 0 Å². The van der Waals surface area contributed by atoms with Gasteiger partial charge in [-0.15, -0.1) is 0 Å². The molecule has 0 aliphatic heterocycles. The summed E-state index contributed by atoms with van der Waals surface area (Å²) in [6.07, 6.45) is 1.13. The minimum Gasteiger partial charge on any atom is -0.486 e. The number of hydrogen-bond acceptors (Lipinski definition) is 2. The predicted octanol–water partition coefficient (Wildman–Crippen LogP) is 5.10. The topological polar surface area (TPSA) is 35.2 Å². The number of nitrogens with two attached hydrogens (primary N) is 1. The maximum atomic E-state index is 6.00. The number of ether oxygens (including phenoxy) is 1. The van der Waals surface area contributed by atoms with Crippen LogP contribution in [0.1, 0.15) is 51.3 Å². The van der Waals surface area contributed by atoms with Crippen molar-refractivity contribution in [2.24, 2.45) is 0 Å². The fourth-order valence-corrected chi connectivity index (χ4v) is 2.23. The Morgan fingerprint density at radius 3 is 2.10 bits per heavy atom. The van der Waals surface area contributed by atoms with Gasteiger partial charge in [0.05, 0.1) is 0 Å². The van der Waals surface area contributed by atoms with Crippen molar-refractivity contribution in [1.29, 1.82) is 0 Å². The van der Waals surface area contributed by atoms with Crippen LogP contribution in [0.2, 0.25) is 0 Å². The molecule has 2 aromatic rings. The van der Waals surface area contributed by atoms with Crippen LogP contribution in [0.3, 0.4) is 0 Å². The fraction of sp³-hybridized carbons (Fsp3) is 0.368. The van der Waals surface area contributed by atoms with E-state index in [4.69, 9.17) is 10.5 Å². The summed E-state index contributed by atoms with van der Waals surface area (Å²) in [4.78, 5) is 0. The highest BCUT2D eigenvalue weighted by molar-refractivity contribution is 5.40. The molecule has 0 heterocycles. The zero-order valence-corrected chi connectivity index (χ0v) is 13.4. The highest BCUT2D eigenvalue weighted by Crippen LogP contribution is 2.29. The van der Waals surface area contributed by atoms with Crippen LogP contribution in [-0.2, 0) is 5.41 Å². The van der Waals surface area contributed by atoms with E-state index >= 15 is 0 Å². The van der Waals surface area contributed by atoms with Crippen LogP contribution in [-0.4, -0.2) is 0 Å². The zero-order chi connectivity index (χ0) is 15.5. The molecular formula is C19H25NO. The molecular weight excluding hydrogens is 258 g/mol. The normalized spacial score (nSPS) is 13.0. The van der Waals surface area contributed by atoms with E-state index in [-0.39, 0.29) is 11.5 Å². The largest absolute Gasteiger partial charge is 0.486 e. The van der Waals surface area contributed by atoms with E-state index in [1.807, 2.05) is 24.3 Å². The molecule has 2 nitrogen and oxygen atoms in total. The molecule has 1 unspecified atom stereocenters. The summed E-state index contributed by atoms with van der Waals surface area (Å²) in [6.45, 7) is 8.79. The maximum absolute atomic E-state index is 6.00. The minimum absolute atomic E-state index is 0.00985. The van der Waals surface area contributed by atoms with E-state index < -0.39 is 0 Å².